The molecule has 152 valence electrons. The quantitative estimate of drug-likeness (QED) is 0.122. The highest BCUT2D eigenvalue weighted by molar-refractivity contribution is 7.80. The van der Waals surface area contributed by atoms with Crippen LogP contribution in [0, 0.1) is 0 Å². The minimum absolute atomic E-state index is 0.244. The van der Waals surface area contributed by atoms with E-state index in [2.05, 4.69) is 21.2 Å². The maximum atomic E-state index is 10.1. The standard InChI is InChI=1S/C18H38O6S/c1-2-3-4-5-6-7-8-9-10-11-12-13-14-15-16-17-18-22-23-24-25(19,20)21/h2-18H2,1H3,(H,19,20,21). The maximum absolute atomic E-state index is 10.1. The molecule has 0 saturated carbocycles. The van der Waals surface area contributed by atoms with Crippen LogP contribution in [0.25, 0.3) is 0 Å². The van der Waals surface area contributed by atoms with Crippen LogP contribution >= 0.6 is 0 Å². The predicted octanol–water partition coefficient (Wildman–Crippen LogP) is 5.93. The van der Waals surface area contributed by atoms with Gasteiger partial charge in [-0.2, -0.15) is 8.42 Å². The molecule has 0 spiro atoms. The Kier molecular flexibility index (Phi) is 18.4. The van der Waals surface area contributed by atoms with E-state index < -0.39 is 10.4 Å². The van der Waals surface area contributed by atoms with E-state index in [0.717, 1.165) is 19.3 Å². The van der Waals surface area contributed by atoms with Crippen LogP contribution in [-0.4, -0.2) is 19.6 Å². The average molecular weight is 383 g/mol. The van der Waals surface area contributed by atoms with Crippen LogP contribution < -0.4 is 0 Å². The van der Waals surface area contributed by atoms with Crippen molar-refractivity contribution < 1.29 is 27.2 Å². The monoisotopic (exact) mass is 382 g/mol. The lowest BCUT2D eigenvalue weighted by Gasteiger charge is -2.03. The number of hydrogen-bond acceptors (Lipinski definition) is 5. The second-order valence-electron chi connectivity index (χ2n) is 6.69. The Bertz CT molecular complexity index is 359. The van der Waals surface area contributed by atoms with Crippen LogP contribution in [0.4, 0.5) is 0 Å². The third-order valence-corrected chi connectivity index (χ3v) is 4.47. The van der Waals surface area contributed by atoms with Gasteiger partial charge in [0.15, 0.2) is 0 Å². The molecule has 0 aliphatic heterocycles. The highest BCUT2D eigenvalue weighted by atomic mass is 32.3. The summed E-state index contributed by atoms with van der Waals surface area (Å²) in [5.74, 6) is 0. The summed E-state index contributed by atoms with van der Waals surface area (Å²) in [6, 6.07) is 0. The molecule has 25 heavy (non-hydrogen) atoms. The van der Waals surface area contributed by atoms with Gasteiger partial charge in [0.1, 0.15) is 0 Å². The van der Waals surface area contributed by atoms with Gasteiger partial charge in [-0.25, -0.2) is 4.89 Å². The summed E-state index contributed by atoms with van der Waals surface area (Å²) in [7, 11) is -4.59. The van der Waals surface area contributed by atoms with Crippen LogP contribution in [0.1, 0.15) is 110 Å². The van der Waals surface area contributed by atoms with E-state index in [1.54, 1.807) is 0 Å². The second-order valence-corrected chi connectivity index (χ2v) is 7.68. The molecule has 0 aromatic carbocycles. The largest absolute Gasteiger partial charge is 0.426 e. The Morgan fingerprint density at radius 3 is 1.36 bits per heavy atom. The van der Waals surface area contributed by atoms with E-state index >= 15 is 0 Å². The third-order valence-electron chi connectivity index (χ3n) is 4.24. The van der Waals surface area contributed by atoms with Gasteiger partial charge in [-0.1, -0.05) is 108 Å². The van der Waals surface area contributed by atoms with Crippen molar-refractivity contribution in [1.82, 2.24) is 0 Å². The van der Waals surface area contributed by atoms with E-state index in [1.165, 1.54) is 83.5 Å². The SMILES string of the molecule is CCCCCCCCCCCCCCCCCCOOOS(=O)(=O)O. The highest BCUT2D eigenvalue weighted by Crippen LogP contribution is 2.13. The molecule has 0 atom stereocenters. The summed E-state index contributed by atoms with van der Waals surface area (Å²) in [6.45, 7) is 2.50. The van der Waals surface area contributed by atoms with Gasteiger partial charge < -0.3 is 0 Å². The van der Waals surface area contributed by atoms with E-state index in [4.69, 9.17) is 4.55 Å². The molecule has 0 amide bonds. The molecule has 7 heteroatoms. The van der Waals surface area contributed by atoms with Gasteiger partial charge in [0.25, 0.3) is 0 Å². The number of hydrogen-bond donors (Lipinski definition) is 1. The summed E-state index contributed by atoms with van der Waals surface area (Å²) in [6.07, 6.45) is 20.6. The smallest absolute Gasteiger partial charge is 0.262 e. The van der Waals surface area contributed by atoms with Crippen molar-refractivity contribution in [3.05, 3.63) is 0 Å². The molecule has 0 heterocycles. The zero-order valence-electron chi connectivity index (χ0n) is 15.9. The minimum atomic E-state index is -4.59. The Morgan fingerprint density at radius 2 is 1.00 bits per heavy atom. The molecule has 0 fully saturated rings. The van der Waals surface area contributed by atoms with Gasteiger partial charge in [-0.15, -0.1) is 0 Å². The molecule has 0 aromatic heterocycles. The summed E-state index contributed by atoms with van der Waals surface area (Å²) >= 11 is 0. The van der Waals surface area contributed by atoms with Crippen LogP contribution in [0.2, 0.25) is 0 Å². The van der Waals surface area contributed by atoms with Gasteiger partial charge in [-0.3, -0.25) is 4.55 Å². The summed E-state index contributed by atoms with van der Waals surface area (Å²) in [5.41, 5.74) is 0. The summed E-state index contributed by atoms with van der Waals surface area (Å²) < 4.78 is 32.1. The van der Waals surface area contributed by atoms with Crippen molar-refractivity contribution in [3.63, 3.8) is 0 Å². The fourth-order valence-electron chi connectivity index (χ4n) is 2.80. The molecule has 0 radical (unpaired) electrons. The lowest BCUT2D eigenvalue weighted by atomic mass is 10.0. The predicted molar refractivity (Wildman–Crippen MR) is 99.2 cm³/mol. The summed E-state index contributed by atoms with van der Waals surface area (Å²) in [5, 5.41) is 3.88. The molecule has 0 unspecified atom stereocenters. The fraction of sp³-hybridized carbons (Fsp3) is 1.00. The molecule has 1 N–H and O–H groups in total. The molecule has 0 saturated heterocycles. The Balaban J connectivity index is 3.03. The third kappa shape index (κ3) is 23.8. The van der Waals surface area contributed by atoms with E-state index in [-0.39, 0.29) is 6.61 Å². The van der Waals surface area contributed by atoms with Crippen molar-refractivity contribution in [1.29, 1.82) is 0 Å². The average Bonchev–Trinajstić information content (AvgIpc) is 2.56. The Labute approximate surface area is 154 Å². The van der Waals surface area contributed by atoms with Crippen molar-refractivity contribution in [3.8, 4) is 0 Å². The normalized spacial score (nSPS) is 11.9. The zero-order valence-corrected chi connectivity index (χ0v) is 16.7. The van der Waals surface area contributed by atoms with Crippen molar-refractivity contribution in [2.75, 3.05) is 6.61 Å². The number of rotatable bonds is 20. The number of unbranched alkanes of at least 4 members (excludes halogenated alkanes) is 15. The minimum Gasteiger partial charge on any atom is -0.262 e. The lowest BCUT2D eigenvalue weighted by Crippen LogP contribution is -2.06. The van der Waals surface area contributed by atoms with Crippen LogP contribution in [-0.2, 0) is 24.7 Å². The topological polar surface area (TPSA) is 82.1 Å². The van der Waals surface area contributed by atoms with Crippen molar-refractivity contribution in [2.45, 2.75) is 110 Å². The molecular formula is C18H38O6S. The van der Waals surface area contributed by atoms with Crippen LogP contribution in [0.15, 0.2) is 0 Å². The highest BCUT2D eigenvalue weighted by Gasteiger charge is 2.05. The van der Waals surface area contributed by atoms with Crippen molar-refractivity contribution in [2.24, 2.45) is 0 Å². The molecule has 0 aliphatic rings. The van der Waals surface area contributed by atoms with Gasteiger partial charge in [0.05, 0.1) is 6.61 Å². The molecule has 6 nitrogen and oxygen atoms in total. The van der Waals surface area contributed by atoms with Gasteiger partial charge in [-0.05, 0) is 11.5 Å². The van der Waals surface area contributed by atoms with Gasteiger partial charge in [0.2, 0.25) is 0 Å². The van der Waals surface area contributed by atoms with Crippen LogP contribution in [0.5, 0.6) is 0 Å². The lowest BCUT2D eigenvalue weighted by molar-refractivity contribution is -0.466. The molecular weight excluding hydrogens is 344 g/mol. The van der Waals surface area contributed by atoms with Gasteiger partial charge >= 0.3 is 10.4 Å². The summed E-state index contributed by atoms with van der Waals surface area (Å²) in [4.78, 5) is 4.47. The molecule has 0 aliphatic carbocycles. The first kappa shape index (κ1) is 24.8. The van der Waals surface area contributed by atoms with Crippen LogP contribution in [0.3, 0.4) is 0 Å². The molecule has 0 bridgehead atoms. The first-order valence-electron chi connectivity index (χ1n) is 10.0. The molecule has 0 aromatic rings. The van der Waals surface area contributed by atoms with E-state index in [0.29, 0.717) is 0 Å². The first-order valence-corrected chi connectivity index (χ1v) is 11.4. The van der Waals surface area contributed by atoms with E-state index in [1.807, 2.05) is 0 Å². The van der Waals surface area contributed by atoms with E-state index in [9.17, 15) is 8.42 Å². The van der Waals surface area contributed by atoms with Gasteiger partial charge in [0, 0.05) is 0 Å². The fourth-order valence-corrected chi connectivity index (χ4v) is 2.91. The second kappa shape index (κ2) is 18.6. The first-order chi connectivity index (χ1) is 12.1. The Hall–Kier alpha value is -0.210. The maximum Gasteiger partial charge on any atom is 0.426 e. The Morgan fingerprint density at radius 1 is 0.640 bits per heavy atom. The molecule has 0 rings (SSSR count). The van der Waals surface area contributed by atoms with Crippen molar-refractivity contribution >= 4 is 10.4 Å². The zero-order chi connectivity index (χ0) is 18.6.